The molecule has 16 heavy (non-hydrogen) atoms. The molecule has 0 radical (unpaired) electrons. The number of nitrogens with one attached hydrogen (secondary N) is 1. The van der Waals surface area contributed by atoms with Crippen molar-refractivity contribution in [2.24, 2.45) is 0 Å². The Morgan fingerprint density at radius 1 is 1.31 bits per heavy atom. The van der Waals surface area contributed by atoms with Crippen LogP contribution in [-0.2, 0) is 6.54 Å². The normalized spacial score (nSPS) is 10.6. The molecule has 0 fully saturated rings. The summed E-state index contributed by atoms with van der Waals surface area (Å²) in [5.41, 5.74) is 1.11. The Labute approximate surface area is 107 Å². The Kier molecular flexibility index (Phi) is 4.04. The molecule has 0 atom stereocenters. The molecule has 0 saturated carbocycles. The molecule has 0 unspecified atom stereocenters. The Morgan fingerprint density at radius 2 is 2.06 bits per heavy atom. The van der Waals surface area contributed by atoms with Gasteiger partial charge in [-0.3, -0.25) is 0 Å². The second-order valence-electron chi connectivity index (χ2n) is 3.30. The van der Waals surface area contributed by atoms with E-state index in [-0.39, 0.29) is 0 Å². The molecule has 0 amide bonds. The Hall–Kier alpha value is -0.780. The van der Waals surface area contributed by atoms with Crippen molar-refractivity contribution < 1.29 is 0 Å². The van der Waals surface area contributed by atoms with Crippen molar-refractivity contribution in [1.29, 1.82) is 0 Å². The number of nitrogens with zero attached hydrogens (tertiary/aromatic N) is 2. The lowest BCUT2D eigenvalue weighted by molar-refractivity contribution is 0.721. The number of halogens is 1. The van der Waals surface area contributed by atoms with Gasteiger partial charge in [-0.1, -0.05) is 6.92 Å². The second kappa shape index (κ2) is 5.52. The van der Waals surface area contributed by atoms with E-state index in [2.05, 4.69) is 38.1 Å². The maximum absolute atomic E-state index is 4.35. The van der Waals surface area contributed by atoms with E-state index in [1.165, 1.54) is 0 Å². The third-order valence-corrected chi connectivity index (χ3v) is 3.70. The highest BCUT2D eigenvalue weighted by Gasteiger charge is 2.04. The Bertz CT molecular complexity index is 453. The van der Waals surface area contributed by atoms with Crippen LogP contribution in [0.5, 0.6) is 0 Å². The molecule has 5 heteroatoms. The first-order chi connectivity index (χ1) is 7.79. The van der Waals surface area contributed by atoms with Gasteiger partial charge in [-0.2, -0.15) is 0 Å². The maximum Gasteiger partial charge on any atom is 0.169 e. The van der Waals surface area contributed by atoms with Crippen LogP contribution in [0.25, 0.3) is 10.7 Å². The number of rotatable bonds is 4. The van der Waals surface area contributed by atoms with Crippen LogP contribution >= 0.6 is 27.3 Å². The largest absolute Gasteiger partial charge is 0.313 e. The number of aromatic nitrogens is 2. The van der Waals surface area contributed by atoms with E-state index in [4.69, 9.17) is 0 Å². The zero-order valence-corrected chi connectivity index (χ0v) is 11.3. The average molecular weight is 298 g/mol. The van der Waals surface area contributed by atoms with Crippen molar-refractivity contribution in [3.05, 3.63) is 33.9 Å². The summed E-state index contributed by atoms with van der Waals surface area (Å²) in [6.45, 7) is 3.86. The van der Waals surface area contributed by atoms with Crippen LogP contribution in [-0.4, -0.2) is 16.5 Å². The summed E-state index contributed by atoms with van der Waals surface area (Å²) < 4.78 is 1.10. The first-order valence-corrected chi connectivity index (χ1v) is 6.68. The molecule has 3 nitrogen and oxygen atoms in total. The van der Waals surface area contributed by atoms with Crippen molar-refractivity contribution in [1.82, 2.24) is 15.3 Å². The van der Waals surface area contributed by atoms with E-state index in [1.54, 1.807) is 11.3 Å². The lowest BCUT2D eigenvalue weighted by atomic mass is 10.3. The highest BCUT2D eigenvalue weighted by molar-refractivity contribution is 9.11. The molecule has 0 aromatic carbocycles. The number of hydrogen-bond donors (Lipinski definition) is 1. The SMILES string of the molecule is CCNCc1cnc(-c2ccc(Br)s2)nc1. The van der Waals surface area contributed by atoms with Crippen molar-refractivity contribution in [2.45, 2.75) is 13.5 Å². The van der Waals surface area contributed by atoms with Crippen molar-refractivity contribution in [3.8, 4) is 10.7 Å². The van der Waals surface area contributed by atoms with Gasteiger partial charge in [0.15, 0.2) is 5.82 Å². The molecule has 2 heterocycles. The minimum Gasteiger partial charge on any atom is -0.313 e. The van der Waals surface area contributed by atoms with E-state index in [9.17, 15) is 0 Å². The van der Waals surface area contributed by atoms with Gasteiger partial charge in [0.2, 0.25) is 0 Å². The standard InChI is InChI=1S/C11H12BrN3S/c1-2-13-5-8-6-14-11(15-7-8)9-3-4-10(12)16-9/h3-4,6-7,13H,2,5H2,1H3. The highest BCUT2D eigenvalue weighted by atomic mass is 79.9. The molecule has 0 saturated heterocycles. The zero-order valence-electron chi connectivity index (χ0n) is 8.90. The zero-order chi connectivity index (χ0) is 11.4. The number of thiophene rings is 1. The van der Waals surface area contributed by atoms with Crippen molar-refractivity contribution >= 4 is 27.3 Å². The summed E-state index contributed by atoms with van der Waals surface area (Å²) in [5, 5.41) is 3.24. The first kappa shape index (κ1) is 11.7. The minimum atomic E-state index is 0.788. The molecule has 0 aliphatic rings. The fraction of sp³-hybridized carbons (Fsp3) is 0.273. The van der Waals surface area contributed by atoms with Gasteiger partial charge in [0, 0.05) is 24.5 Å². The summed E-state index contributed by atoms with van der Waals surface area (Å²) in [7, 11) is 0. The molecule has 0 aliphatic carbocycles. The minimum absolute atomic E-state index is 0.788. The fourth-order valence-electron chi connectivity index (χ4n) is 1.28. The molecule has 2 rings (SSSR count). The second-order valence-corrected chi connectivity index (χ2v) is 5.76. The summed E-state index contributed by atoms with van der Waals surface area (Å²) in [5.74, 6) is 0.788. The van der Waals surface area contributed by atoms with Crippen LogP contribution in [0, 0.1) is 0 Å². The lowest BCUT2D eigenvalue weighted by Crippen LogP contribution is -2.12. The van der Waals surface area contributed by atoms with Crippen molar-refractivity contribution in [3.63, 3.8) is 0 Å². The summed E-state index contributed by atoms with van der Waals surface area (Å²) in [6, 6.07) is 4.03. The van der Waals surface area contributed by atoms with Gasteiger partial charge >= 0.3 is 0 Å². The van der Waals surface area contributed by atoms with Gasteiger partial charge in [0.05, 0.1) is 8.66 Å². The molecule has 1 N–H and O–H groups in total. The molecular weight excluding hydrogens is 286 g/mol. The third-order valence-electron chi connectivity index (χ3n) is 2.08. The van der Waals surface area contributed by atoms with Gasteiger partial charge in [0.25, 0.3) is 0 Å². The van der Waals surface area contributed by atoms with Crippen LogP contribution in [0.3, 0.4) is 0 Å². The predicted octanol–water partition coefficient (Wildman–Crippen LogP) is 3.08. The van der Waals surface area contributed by atoms with Crippen LogP contribution in [0.2, 0.25) is 0 Å². The first-order valence-electron chi connectivity index (χ1n) is 5.07. The van der Waals surface area contributed by atoms with Gasteiger partial charge in [0.1, 0.15) is 0 Å². The maximum atomic E-state index is 4.35. The van der Waals surface area contributed by atoms with Gasteiger partial charge in [-0.15, -0.1) is 11.3 Å². The molecule has 2 aromatic heterocycles. The number of hydrogen-bond acceptors (Lipinski definition) is 4. The molecule has 0 aliphatic heterocycles. The van der Waals surface area contributed by atoms with E-state index >= 15 is 0 Å². The molecule has 0 spiro atoms. The Morgan fingerprint density at radius 3 is 2.62 bits per heavy atom. The summed E-state index contributed by atoms with van der Waals surface area (Å²) in [6.07, 6.45) is 3.75. The van der Waals surface area contributed by atoms with Crippen LogP contribution in [0.1, 0.15) is 12.5 Å². The predicted molar refractivity (Wildman–Crippen MR) is 70.4 cm³/mol. The van der Waals surface area contributed by atoms with E-state index in [0.717, 1.165) is 33.1 Å². The van der Waals surface area contributed by atoms with Gasteiger partial charge in [-0.25, -0.2) is 9.97 Å². The lowest BCUT2D eigenvalue weighted by Gasteiger charge is -2.01. The average Bonchev–Trinajstić information content (AvgIpc) is 2.74. The highest BCUT2D eigenvalue weighted by Crippen LogP contribution is 2.28. The van der Waals surface area contributed by atoms with Gasteiger partial charge in [-0.05, 0) is 34.6 Å². The van der Waals surface area contributed by atoms with Gasteiger partial charge < -0.3 is 5.32 Å². The third kappa shape index (κ3) is 2.87. The quantitative estimate of drug-likeness (QED) is 0.942. The molecule has 0 bridgehead atoms. The molecule has 2 aromatic rings. The van der Waals surface area contributed by atoms with E-state index in [1.807, 2.05) is 24.5 Å². The van der Waals surface area contributed by atoms with E-state index in [0.29, 0.717) is 0 Å². The smallest absolute Gasteiger partial charge is 0.169 e. The fourth-order valence-corrected chi connectivity index (χ4v) is 2.61. The van der Waals surface area contributed by atoms with Crippen LogP contribution < -0.4 is 5.32 Å². The van der Waals surface area contributed by atoms with Crippen LogP contribution in [0.4, 0.5) is 0 Å². The van der Waals surface area contributed by atoms with Crippen LogP contribution in [0.15, 0.2) is 28.3 Å². The molecule has 84 valence electrons. The molecular formula is C11H12BrN3S. The summed E-state index contributed by atoms with van der Waals surface area (Å²) in [4.78, 5) is 9.79. The Balaban J connectivity index is 2.13. The van der Waals surface area contributed by atoms with E-state index < -0.39 is 0 Å². The summed E-state index contributed by atoms with van der Waals surface area (Å²) >= 11 is 5.07. The van der Waals surface area contributed by atoms with Crippen molar-refractivity contribution in [2.75, 3.05) is 6.54 Å². The topological polar surface area (TPSA) is 37.8 Å². The monoisotopic (exact) mass is 297 g/mol.